The molecular weight excluding hydrogens is 423 g/mol. The summed E-state index contributed by atoms with van der Waals surface area (Å²) in [7, 11) is 1.57. The molecule has 0 saturated carbocycles. The van der Waals surface area contributed by atoms with E-state index < -0.39 is 0 Å². The lowest BCUT2D eigenvalue weighted by Gasteiger charge is -2.30. The number of benzene rings is 2. The van der Waals surface area contributed by atoms with Crippen molar-refractivity contribution in [3.63, 3.8) is 0 Å². The van der Waals surface area contributed by atoms with Crippen molar-refractivity contribution in [3.8, 4) is 16.9 Å². The molecule has 3 rings (SSSR count). The summed E-state index contributed by atoms with van der Waals surface area (Å²) in [5, 5.41) is 4.12. The van der Waals surface area contributed by atoms with Crippen LogP contribution < -0.4 is 10.1 Å². The second-order valence-electron chi connectivity index (χ2n) is 7.15. The van der Waals surface area contributed by atoms with Gasteiger partial charge in [0, 0.05) is 47.3 Å². The van der Waals surface area contributed by atoms with Crippen molar-refractivity contribution >= 4 is 35.0 Å². The highest BCUT2D eigenvalue weighted by Gasteiger charge is 2.26. The van der Waals surface area contributed by atoms with Gasteiger partial charge in [0.25, 0.3) is 0 Å². The van der Waals surface area contributed by atoms with Crippen molar-refractivity contribution < 1.29 is 14.3 Å². The molecule has 7 heteroatoms. The summed E-state index contributed by atoms with van der Waals surface area (Å²) in [5.41, 5.74) is 2.41. The van der Waals surface area contributed by atoms with Gasteiger partial charge in [-0.1, -0.05) is 48.0 Å². The van der Waals surface area contributed by atoms with Crippen molar-refractivity contribution in [1.29, 1.82) is 0 Å². The van der Waals surface area contributed by atoms with Crippen LogP contribution in [0.5, 0.6) is 5.75 Å². The molecule has 30 heavy (non-hydrogen) atoms. The Kier molecular flexibility index (Phi) is 7.40. The van der Waals surface area contributed by atoms with Gasteiger partial charge in [-0.05, 0) is 37.1 Å². The maximum absolute atomic E-state index is 12.7. The highest BCUT2D eigenvalue weighted by Crippen LogP contribution is 2.37. The molecule has 0 aromatic heterocycles. The van der Waals surface area contributed by atoms with Gasteiger partial charge in [0.15, 0.2) is 0 Å². The second kappa shape index (κ2) is 10.0. The normalized spacial score (nSPS) is 14.3. The molecule has 2 aromatic carbocycles. The molecule has 0 bridgehead atoms. The summed E-state index contributed by atoms with van der Waals surface area (Å²) in [4.78, 5) is 26.1. The highest BCUT2D eigenvalue weighted by molar-refractivity contribution is 6.36. The number of carbonyl (C=O) groups is 2. The van der Waals surface area contributed by atoms with Gasteiger partial charge < -0.3 is 15.0 Å². The number of carbonyl (C=O) groups excluding carboxylic acids is 2. The number of nitrogens with zero attached hydrogens (tertiary/aromatic N) is 1. The molecule has 158 valence electrons. The van der Waals surface area contributed by atoms with Crippen LogP contribution in [0.2, 0.25) is 10.0 Å². The van der Waals surface area contributed by atoms with Crippen molar-refractivity contribution in [2.24, 2.45) is 5.92 Å². The van der Waals surface area contributed by atoms with Crippen LogP contribution in [-0.2, 0) is 16.1 Å². The zero-order chi connectivity index (χ0) is 21.7. The van der Waals surface area contributed by atoms with E-state index in [-0.39, 0.29) is 17.7 Å². The molecule has 0 spiro atoms. The number of methoxy groups -OCH3 is 1. The quantitative estimate of drug-likeness (QED) is 0.653. The van der Waals surface area contributed by atoms with E-state index in [9.17, 15) is 9.59 Å². The zero-order valence-corrected chi connectivity index (χ0v) is 18.3. The number of hydrogen-bond acceptors (Lipinski definition) is 3. The van der Waals surface area contributed by atoms with Crippen LogP contribution in [0.3, 0.4) is 0 Å². The molecule has 0 aliphatic carbocycles. The average Bonchev–Trinajstić information content (AvgIpc) is 2.77. The van der Waals surface area contributed by atoms with Gasteiger partial charge in [0.1, 0.15) is 5.75 Å². The Labute approximate surface area is 186 Å². The first kappa shape index (κ1) is 22.2. The Bertz CT molecular complexity index is 953. The molecule has 1 fully saturated rings. The molecule has 0 radical (unpaired) electrons. The fourth-order valence-corrected chi connectivity index (χ4v) is 4.12. The number of likely N-dealkylation sites (tertiary alicyclic amines) is 1. The van der Waals surface area contributed by atoms with Gasteiger partial charge in [-0.3, -0.25) is 9.59 Å². The third-order valence-corrected chi connectivity index (χ3v) is 5.98. The SMILES string of the molecule is C=CC(=O)N1CCC(C(=O)NCc2cc(-c3ccccc3Cl)c(Cl)cc2OC)CC1. The van der Waals surface area contributed by atoms with Crippen molar-refractivity contribution in [2.45, 2.75) is 19.4 Å². The van der Waals surface area contributed by atoms with E-state index in [1.165, 1.54) is 6.08 Å². The van der Waals surface area contributed by atoms with Crippen molar-refractivity contribution in [2.75, 3.05) is 20.2 Å². The average molecular weight is 447 g/mol. The van der Waals surface area contributed by atoms with Gasteiger partial charge in [-0.15, -0.1) is 0 Å². The molecule has 2 amide bonds. The molecule has 0 atom stereocenters. The van der Waals surface area contributed by atoms with Crippen LogP contribution in [-0.4, -0.2) is 36.9 Å². The Morgan fingerprint density at radius 1 is 1.17 bits per heavy atom. The number of piperidine rings is 1. The van der Waals surface area contributed by atoms with Crippen LogP contribution in [0.4, 0.5) is 0 Å². The van der Waals surface area contributed by atoms with Crippen molar-refractivity contribution in [1.82, 2.24) is 10.2 Å². The van der Waals surface area contributed by atoms with Gasteiger partial charge in [-0.2, -0.15) is 0 Å². The first-order valence-electron chi connectivity index (χ1n) is 9.75. The largest absolute Gasteiger partial charge is 0.496 e. The molecule has 2 aromatic rings. The summed E-state index contributed by atoms with van der Waals surface area (Å²) in [5.74, 6) is 0.353. The van der Waals surface area contributed by atoms with E-state index in [1.54, 1.807) is 18.1 Å². The molecule has 0 unspecified atom stereocenters. The third-order valence-electron chi connectivity index (χ3n) is 5.34. The van der Waals surface area contributed by atoms with Crippen LogP contribution in [0, 0.1) is 5.92 Å². The maximum Gasteiger partial charge on any atom is 0.245 e. The van der Waals surface area contributed by atoms with Crippen LogP contribution >= 0.6 is 23.2 Å². The minimum Gasteiger partial charge on any atom is -0.496 e. The standard InChI is InChI=1S/C23H24Cl2N2O3/c1-3-22(28)27-10-8-15(9-11-27)23(29)26-14-16-12-18(20(25)13-21(16)30-2)17-6-4-5-7-19(17)24/h3-7,12-13,15H,1,8-11,14H2,2H3,(H,26,29). The van der Waals surface area contributed by atoms with E-state index >= 15 is 0 Å². The van der Waals surface area contributed by atoms with Crippen LogP contribution in [0.1, 0.15) is 18.4 Å². The van der Waals surface area contributed by atoms with E-state index in [0.717, 1.165) is 16.7 Å². The van der Waals surface area contributed by atoms with E-state index in [2.05, 4.69) is 11.9 Å². The summed E-state index contributed by atoms with van der Waals surface area (Å²) in [6, 6.07) is 11.1. The molecule has 1 aliphatic rings. The second-order valence-corrected chi connectivity index (χ2v) is 7.96. The van der Waals surface area contributed by atoms with E-state index in [1.807, 2.05) is 30.3 Å². The minimum atomic E-state index is -0.125. The van der Waals surface area contributed by atoms with Gasteiger partial charge in [0.05, 0.1) is 12.1 Å². The van der Waals surface area contributed by atoms with Gasteiger partial charge in [0.2, 0.25) is 11.8 Å². The monoisotopic (exact) mass is 446 g/mol. The van der Waals surface area contributed by atoms with Crippen LogP contribution in [0.25, 0.3) is 11.1 Å². The number of nitrogens with one attached hydrogen (secondary N) is 1. The smallest absolute Gasteiger partial charge is 0.245 e. The van der Waals surface area contributed by atoms with Gasteiger partial charge >= 0.3 is 0 Å². The first-order valence-corrected chi connectivity index (χ1v) is 10.5. The fourth-order valence-electron chi connectivity index (χ4n) is 3.63. The lowest BCUT2D eigenvalue weighted by atomic mass is 9.95. The molecule has 1 saturated heterocycles. The van der Waals surface area contributed by atoms with Gasteiger partial charge in [-0.25, -0.2) is 0 Å². The molecule has 5 nitrogen and oxygen atoms in total. The van der Waals surface area contributed by atoms with Crippen LogP contribution in [0.15, 0.2) is 49.1 Å². The number of halogens is 2. The lowest BCUT2D eigenvalue weighted by Crippen LogP contribution is -2.42. The summed E-state index contributed by atoms with van der Waals surface area (Å²) >= 11 is 12.8. The highest BCUT2D eigenvalue weighted by atomic mass is 35.5. The Morgan fingerprint density at radius 2 is 1.87 bits per heavy atom. The number of hydrogen-bond donors (Lipinski definition) is 1. The number of rotatable bonds is 6. The summed E-state index contributed by atoms with van der Waals surface area (Å²) in [6.07, 6.45) is 2.58. The van der Waals surface area contributed by atoms with Crippen molar-refractivity contribution in [3.05, 3.63) is 64.7 Å². The summed E-state index contributed by atoms with van der Waals surface area (Å²) in [6.45, 7) is 4.94. The third kappa shape index (κ3) is 4.97. The summed E-state index contributed by atoms with van der Waals surface area (Å²) < 4.78 is 5.46. The lowest BCUT2D eigenvalue weighted by molar-refractivity contribution is -0.132. The predicted octanol–water partition coefficient (Wildman–Crippen LogP) is 4.71. The molecule has 1 aliphatic heterocycles. The fraction of sp³-hybridized carbons (Fsp3) is 0.304. The number of amides is 2. The maximum atomic E-state index is 12.7. The molecule has 1 heterocycles. The minimum absolute atomic E-state index is 0.0306. The Balaban J connectivity index is 1.71. The van der Waals surface area contributed by atoms with E-state index in [0.29, 0.717) is 48.3 Å². The zero-order valence-electron chi connectivity index (χ0n) is 16.8. The first-order chi connectivity index (χ1) is 14.4. The number of ether oxygens (including phenoxy) is 1. The molecular formula is C23H24Cl2N2O3. The predicted molar refractivity (Wildman–Crippen MR) is 120 cm³/mol. The Hall–Kier alpha value is -2.50. The van der Waals surface area contributed by atoms with E-state index in [4.69, 9.17) is 27.9 Å². The molecule has 1 N–H and O–H groups in total. The Morgan fingerprint density at radius 3 is 2.50 bits per heavy atom. The topological polar surface area (TPSA) is 58.6 Å².